The Hall–Kier alpha value is -2.05. The van der Waals surface area contributed by atoms with E-state index in [2.05, 4.69) is 20.5 Å². The van der Waals surface area contributed by atoms with E-state index in [4.69, 9.17) is 0 Å². The Morgan fingerprint density at radius 1 is 1.13 bits per heavy atom. The van der Waals surface area contributed by atoms with Gasteiger partial charge in [-0.1, -0.05) is 30.3 Å². The highest BCUT2D eigenvalue weighted by atomic mass is 79.9. The molecule has 118 valence electrons. The highest BCUT2D eigenvalue weighted by Gasteiger charge is 2.04. The number of rotatable bonds is 4. The van der Waals surface area contributed by atoms with E-state index in [0.29, 0.717) is 0 Å². The van der Waals surface area contributed by atoms with Gasteiger partial charge >= 0.3 is 0 Å². The first-order valence-corrected chi connectivity index (χ1v) is 7.84. The molecule has 2 aromatic heterocycles. The second-order valence-electron chi connectivity index (χ2n) is 4.90. The van der Waals surface area contributed by atoms with Crippen molar-refractivity contribution in [3.05, 3.63) is 65.3 Å². The van der Waals surface area contributed by atoms with Crippen molar-refractivity contribution in [1.82, 2.24) is 9.97 Å². The molecule has 0 aliphatic carbocycles. The maximum Gasteiger partial charge on any atom is 0.203 e. The van der Waals surface area contributed by atoms with E-state index >= 15 is 0 Å². The summed E-state index contributed by atoms with van der Waals surface area (Å²) in [6, 6.07) is 14.1. The van der Waals surface area contributed by atoms with E-state index in [0.717, 1.165) is 33.4 Å². The van der Waals surface area contributed by atoms with Gasteiger partial charge in [-0.05, 0) is 26.0 Å². The highest BCUT2D eigenvalue weighted by molar-refractivity contribution is 8.93. The Morgan fingerprint density at radius 3 is 2.61 bits per heavy atom. The summed E-state index contributed by atoms with van der Waals surface area (Å²) in [6.07, 6.45) is 1.83. The van der Waals surface area contributed by atoms with Crippen molar-refractivity contribution < 1.29 is 0 Å². The first kappa shape index (κ1) is 17.3. The van der Waals surface area contributed by atoms with Crippen molar-refractivity contribution >= 4 is 39.2 Å². The summed E-state index contributed by atoms with van der Waals surface area (Å²) in [6.45, 7) is 3.92. The van der Waals surface area contributed by atoms with Crippen LogP contribution < -0.4 is 5.43 Å². The fraction of sp³-hybridized carbons (Fsp3) is 0.118. The van der Waals surface area contributed by atoms with Gasteiger partial charge in [0.15, 0.2) is 0 Å². The molecule has 4 nitrogen and oxygen atoms in total. The van der Waals surface area contributed by atoms with Gasteiger partial charge < -0.3 is 0 Å². The van der Waals surface area contributed by atoms with E-state index < -0.39 is 0 Å². The molecule has 1 aromatic carbocycles. The lowest BCUT2D eigenvalue weighted by atomic mass is 10.2. The number of thiazole rings is 1. The van der Waals surface area contributed by atoms with Crippen molar-refractivity contribution in [2.24, 2.45) is 5.10 Å². The van der Waals surface area contributed by atoms with Crippen LogP contribution in [0.2, 0.25) is 0 Å². The molecule has 0 bridgehead atoms. The Morgan fingerprint density at radius 2 is 1.91 bits per heavy atom. The summed E-state index contributed by atoms with van der Waals surface area (Å²) in [5, 5.41) is 7.18. The smallest absolute Gasteiger partial charge is 0.203 e. The standard InChI is InChI=1S/C17H16N4S.BrH/c1-12-8-9-15(10-18-12)13(2)20-21-17-19-16(11-22-17)14-6-4-3-5-7-14;/h3-11H,1-2H3,(H,19,21);1H/b20-13+;. The fourth-order valence-electron chi connectivity index (χ4n) is 1.94. The average Bonchev–Trinajstić information content (AvgIpc) is 3.03. The quantitative estimate of drug-likeness (QED) is 0.509. The third kappa shape index (κ3) is 4.46. The second kappa shape index (κ2) is 7.99. The van der Waals surface area contributed by atoms with Crippen LogP contribution in [-0.2, 0) is 0 Å². The molecule has 3 aromatic rings. The topological polar surface area (TPSA) is 50.2 Å². The van der Waals surface area contributed by atoms with Gasteiger partial charge in [0.05, 0.1) is 11.4 Å². The number of hydrazone groups is 1. The molecule has 2 heterocycles. The van der Waals surface area contributed by atoms with E-state index in [-0.39, 0.29) is 17.0 Å². The van der Waals surface area contributed by atoms with E-state index in [1.165, 1.54) is 11.3 Å². The molecule has 0 aliphatic heterocycles. The molecule has 0 spiro atoms. The molecule has 0 saturated heterocycles. The summed E-state index contributed by atoms with van der Waals surface area (Å²) in [4.78, 5) is 8.82. The molecular weight excluding hydrogens is 372 g/mol. The Bertz CT molecular complexity index is 782. The molecule has 1 N–H and O–H groups in total. The van der Waals surface area contributed by atoms with Crippen LogP contribution in [0.15, 0.2) is 59.1 Å². The third-order valence-electron chi connectivity index (χ3n) is 3.22. The molecule has 6 heteroatoms. The Labute approximate surface area is 150 Å². The van der Waals surface area contributed by atoms with Crippen LogP contribution in [0, 0.1) is 6.92 Å². The average molecular weight is 389 g/mol. The van der Waals surface area contributed by atoms with E-state index in [1.54, 1.807) is 0 Å². The Balaban J connectivity index is 0.00000192. The van der Waals surface area contributed by atoms with Crippen LogP contribution >= 0.6 is 28.3 Å². The lowest BCUT2D eigenvalue weighted by Crippen LogP contribution is -2.00. The second-order valence-corrected chi connectivity index (χ2v) is 5.76. The Kier molecular flexibility index (Phi) is 6.01. The van der Waals surface area contributed by atoms with Gasteiger partial charge in [0.2, 0.25) is 5.13 Å². The number of hydrogen-bond donors (Lipinski definition) is 1. The molecule has 0 amide bonds. The van der Waals surface area contributed by atoms with Crippen LogP contribution in [0.5, 0.6) is 0 Å². The molecule has 23 heavy (non-hydrogen) atoms. The van der Waals surface area contributed by atoms with Gasteiger partial charge in [-0.25, -0.2) is 4.98 Å². The van der Waals surface area contributed by atoms with E-state index in [9.17, 15) is 0 Å². The normalized spacial score (nSPS) is 11.0. The van der Waals surface area contributed by atoms with Gasteiger partial charge in [-0.3, -0.25) is 10.4 Å². The zero-order valence-corrected chi connectivity index (χ0v) is 15.4. The SMILES string of the molecule is Br.C/C(=N\Nc1nc(-c2ccccc2)cs1)c1ccc(C)nc1. The van der Waals surface area contributed by atoms with Crippen molar-refractivity contribution in [1.29, 1.82) is 0 Å². The maximum absolute atomic E-state index is 4.54. The fourth-order valence-corrected chi connectivity index (χ4v) is 2.61. The minimum atomic E-state index is 0. The molecule has 0 radical (unpaired) electrons. The molecule has 0 atom stereocenters. The highest BCUT2D eigenvalue weighted by Crippen LogP contribution is 2.24. The van der Waals surface area contributed by atoms with E-state index in [1.807, 2.05) is 67.9 Å². The van der Waals surface area contributed by atoms with Gasteiger partial charge in [0, 0.05) is 28.4 Å². The molecule has 0 unspecified atom stereocenters. The maximum atomic E-state index is 4.54. The van der Waals surface area contributed by atoms with Crippen LogP contribution in [0.3, 0.4) is 0 Å². The summed E-state index contributed by atoms with van der Waals surface area (Å²) >= 11 is 1.54. The van der Waals surface area contributed by atoms with Crippen molar-refractivity contribution in [3.63, 3.8) is 0 Å². The summed E-state index contributed by atoms with van der Waals surface area (Å²) in [5.74, 6) is 0. The molecular formula is C17H17BrN4S. The number of nitrogens with one attached hydrogen (secondary N) is 1. The largest absolute Gasteiger partial charge is 0.261 e. The minimum Gasteiger partial charge on any atom is -0.261 e. The van der Waals surface area contributed by atoms with Crippen molar-refractivity contribution in [2.45, 2.75) is 13.8 Å². The third-order valence-corrected chi connectivity index (χ3v) is 3.97. The molecule has 3 rings (SSSR count). The lowest BCUT2D eigenvalue weighted by molar-refractivity contribution is 1.19. The lowest BCUT2D eigenvalue weighted by Gasteiger charge is -2.01. The number of aryl methyl sites for hydroxylation is 1. The molecule has 0 saturated carbocycles. The number of benzene rings is 1. The number of nitrogens with zero attached hydrogens (tertiary/aromatic N) is 3. The van der Waals surface area contributed by atoms with Crippen LogP contribution in [-0.4, -0.2) is 15.7 Å². The zero-order valence-electron chi connectivity index (χ0n) is 12.9. The first-order chi connectivity index (χ1) is 10.7. The number of pyridine rings is 1. The van der Waals surface area contributed by atoms with Crippen LogP contribution in [0.1, 0.15) is 18.2 Å². The summed E-state index contributed by atoms with van der Waals surface area (Å²) in [5.41, 5.74) is 7.95. The first-order valence-electron chi connectivity index (χ1n) is 6.96. The van der Waals surface area contributed by atoms with Crippen LogP contribution in [0.4, 0.5) is 5.13 Å². The summed E-state index contributed by atoms with van der Waals surface area (Å²) in [7, 11) is 0. The number of hydrogen-bond acceptors (Lipinski definition) is 5. The molecule has 0 aliphatic rings. The van der Waals surface area contributed by atoms with Crippen molar-refractivity contribution in [3.8, 4) is 11.3 Å². The van der Waals surface area contributed by atoms with Gasteiger partial charge in [0.1, 0.15) is 0 Å². The number of halogens is 1. The zero-order chi connectivity index (χ0) is 15.4. The van der Waals surface area contributed by atoms with Gasteiger partial charge in [0.25, 0.3) is 0 Å². The number of aromatic nitrogens is 2. The van der Waals surface area contributed by atoms with Crippen molar-refractivity contribution in [2.75, 3.05) is 5.43 Å². The predicted octanol–water partition coefficient (Wildman–Crippen LogP) is 4.93. The van der Waals surface area contributed by atoms with Gasteiger partial charge in [-0.2, -0.15) is 5.10 Å². The molecule has 0 fully saturated rings. The minimum absolute atomic E-state index is 0. The monoisotopic (exact) mass is 388 g/mol. The van der Waals surface area contributed by atoms with Gasteiger partial charge in [-0.15, -0.1) is 28.3 Å². The summed E-state index contributed by atoms with van der Waals surface area (Å²) < 4.78 is 0. The predicted molar refractivity (Wildman–Crippen MR) is 103 cm³/mol. The number of anilines is 1. The van der Waals surface area contributed by atoms with Crippen LogP contribution in [0.25, 0.3) is 11.3 Å².